The summed E-state index contributed by atoms with van der Waals surface area (Å²) in [6.45, 7) is 6.62. The van der Waals surface area contributed by atoms with Crippen LogP contribution in [-0.2, 0) is 0 Å². The van der Waals surface area contributed by atoms with Crippen molar-refractivity contribution in [3.8, 4) is 0 Å². The van der Waals surface area contributed by atoms with Gasteiger partial charge in [0.05, 0.1) is 0 Å². The van der Waals surface area contributed by atoms with Crippen LogP contribution in [-0.4, -0.2) is 36.5 Å². The maximum absolute atomic E-state index is 12.2. The molecule has 1 aliphatic rings. The van der Waals surface area contributed by atoms with Crippen LogP contribution in [0.2, 0.25) is 0 Å². The fourth-order valence-corrected chi connectivity index (χ4v) is 2.00. The second kappa shape index (κ2) is 4.66. The fraction of sp³-hybridized carbons (Fsp3) is 0.462. The summed E-state index contributed by atoms with van der Waals surface area (Å²) in [6, 6.07) is 8.18. The van der Waals surface area contributed by atoms with E-state index >= 15 is 0 Å². The summed E-state index contributed by atoms with van der Waals surface area (Å²) in [5.74, 6) is 0.147. The Balaban J connectivity index is 2.09. The van der Waals surface area contributed by atoms with Crippen LogP contribution in [0.15, 0.2) is 24.3 Å². The SMILES string of the molecule is Cc1ccc(C(=O)N2CCNC(C)C2)cc1. The Morgan fingerprint density at radius 2 is 2.06 bits per heavy atom. The van der Waals surface area contributed by atoms with E-state index in [1.54, 1.807) is 0 Å². The predicted molar refractivity (Wildman–Crippen MR) is 64.5 cm³/mol. The van der Waals surface area contributed by atoms with E-state index in [0.717, 1.165) is 25.2 Å². The smallest absolute Gasteiger partial charge is 0.253 e. The lowest BCUT2D eigenvalue weighted by atomic mass is 10.1. The van der Waals surface area contributed by atoms with Gasteiger partial charge >= 0.3 is 0 Å². The molecule has 86 valence electrons. The summed E-state index contributed by atoms with van der Waals surface area (Å²) >= 11 is 0. The van der Waals surface area contributed by atoms with E-state index in [2.05, 4.69) is 12.2 Å². The zero-order valence-electron chi connectivity index (χ0n) is 9.86. The van der Waals surface area contributed by atoms with Crippen molar-refractivity contribution in [3.05, 3.63) is 35.4 Å². The molecule has 1 aliphatic heterocycles. The van der Waals surface area contributed by atoms with E-state index < -0.39 is 0 Å². The van der Waals surface area contributed by atoms with Gasteiger partial charge in [0.2, 0.25) is 0 Å². The molecule has 1 aromatic carbocycles. The highest BCUT2D eigenvalue weighted by atomic mass is 16.2. The first-order valence-corrected chi connectivity index (χ1v) is 5.76. The average molecular weight is 218 g/mol. The zero-order valence-corrected chi connectivity index (χ0v) is 9.86. The van der Waals surface area contributed by atoms with Crippen LogP contribution < -0.4 is 5.32 Å². The third kappa shape index (κ3) is 2.42. The quantitative estimate of drug-likeness (QED) is 0.773. The number of hydrogen-bond donors (Lipinski definition) is 1. The summed E-state index contributed by atoms with van der Waals surface area (Å²) in [7, 11) is 0. The van der Waals surface area contributed by atoms with Crippen LogP contribution in [0.5, 0.6) is 0 Å². The molecule has 3 heteroatoms. The molecule has 1 atom stereocenters. The van der Waals surface area contributed by atoms with Gasteiger partial charge in [-0.15, -0.1) is 0 Å². The van der Waals surface area contributed by atoms with Gasteiger partial charge in [0, 0.05) is 31.2 Å². The van der Waals surface area contributed by atoms with Gasteiger partial charge in [-0.3, -0.25) is 4.79 Å². The molecular formula is C13H18N2O. The van der Waals surface area contributed by atoms with Crippen LogP contribution in [0.3, 0.4) is 0 Å². The van der Waals surface area contributed by atoms with Crippen molar-refractivity contribution < 1.29 is 4.79 Å². The molecular weight excluding hydrogens is 200 g/mol. The Hall–Kier alpha value is -1.35. The van der Waals surface area contributed by atoms with Crippen molar-refractivity contribution in [1.29, 1.82) is 0 Å². The van der Waals surface area contributed by atoms with Crippen LogP contribution in [0.25, 0.3) is 0 Å². The minimum Gasteiger partial charge on any atom is -0.336 e. The van der Waals surface area contributed by atoms with Crippen LogP contribution >= 0.6 is 0 Å². The Labute approximate surface area is 96.5 Å². The maximum atomic E-state index is 12.2. The molecule has 1 aromatic rings. The van der Waals surface area contributed by atoms with Gasteiger partial charge in [-0.2, -0.15) is 0 Å². The second-order valence-corrected chi connectivity index (χ2v) is 4.47. The number of aryl methyl sites for hydroxylation is 1. The van der Waals surface area contributed by atoms with E-state index in [4.69, 9.17) is 0 Å². The predicted octanol–water partition coefficient (Wildman–Crippen LogP) is 1.43. The normalized spacial score (nSPS) is 20.9. The van der Waals surface area contributed by atoms with Gasteiger partial charge in [-0.1, -0.05) is 17.7 Å². The number of rotatable bonds is 1. The first-order chi connectivity index (χ1) is 7.66. The van der Waals surface area contributed by atoms with Crippen LogP contribution in [0.4, 0.5) is 0 Å². The topological polar surface area (TPSA) is 32.3 Å². The third-order valence-electron chi connectivity index (χ3n) is 2.95. The van der Waals surface area contributed by atoms with E-state index in [1.807, 2.05) is 36.1 Å². The second-order valence-electron chi connectivity index (χ2n) is 4.47. The molecule has 1 N–H and O–H groups in total. The molecule has 16 heavy (non-hydrogen) atoms. The highest BCUT2D eigenvalue weighted by Gasteiger charge is 2.21. The summed E-state index contributed by atoms with van der Waals surface area (Å²) in [5.41, 5.74) is 1.98. The summed E-state index contributed by atoms with van der Waals surface area (Å²) in [5, 5.41) is 3.33. The zero-order chi connectivity index (χ0) is 11.5. The highest BCUT2D eigenvalue weighted by molar-refractivity contribution is 5.94. The monoisotopic (exact) mass is 218 g/mol. The van der Waals surface area contributed by atoms with Crippen molar-refractivity contribution in [3.63, 3.8) is 0 Å². The minimum atomic E-state index is 0.147. The number of carbonyl (C=O) groups is 1. The molecule has 1 saturated heterocycles. The molecule has 1 unspecified atom stereocenters. The third-order valence-corrected chi connectivity index (χ3v) is 2.95. The summed E-state index contributed by atoms with van der Waals surface area (Å²) in [4.78, 5) is 14.1. The summed E-state index contributed by atoms with van der Waals surface area (Å²) < 4.78 is 0. The molecule has 0 bridgehead atoms. The molecule has 0 spiro atoms. The Bertz CT molecular complexity index is 372. The number of benzene rings is 1. The Morgan fingerprint density at radius 3 is 2.69 bits per heavy atom. The van der Waals surface area contributed by atoms with E-state index in [0.29, 0.717) is 6.04 Å². The first kappa shape index (κ1) is 11.1. The number of nitrogens with one attached hydrogen (secondary N) is 1. The molecule has 0 aliphatic carbocycles. The lowest BCUT2D eigenvalue weighted by Gasteiger charge is -2.32. The van der Waals surface area contributed by atoms with Gasteiger partial charge < -0.3 is 10.2 Å². The van der Waals surface area contributed by atoms with Crippen molar-refractivity contribution in [2.45, 2.75) is 19.9 Å². The Kier molecular flexibility index (Phi) is 3.25. The van der Waals surface area contributed by atoms with Gasteiger partial charge in [-0.25, -0.2) is 0 Å². The summed E-state index contributed by atoms with van der Waals surface area (Å²) in [6.07, 6.45) is 0. The highest BCUT2D eigenvalue weighted by Crippen LogP contribution is 2.09. The largest absolute Gasteiger partial charge is 0.336 e. The molecule has 1 heterocycles. The number of piperazine rings is 1. The molecule has 1 fully saturated rings. The number of amides is 1. The van der Waals surface area contributed by atoms with Crippen molar-refractivity contribution in [1.82, 2.24) is 10.2 Å². The molecule has 0 aromatic heterocycles. The molecule has 0 radical (unpaired) electrons. The lowest BCUT2D eigenvalue weighted by molar-refractivity contribution is 0.0709. The minimum absolute atomic E-state index is 0.147. The van der Waals surface area contributed by atoms with E-state index in [9.17, 15) is 4.79 Å². The van der Waals surface area contributed by atoms with Crippen molar-refractivity contribution in [2.24, 2.45) is 0 Å². The lowest BCUT2D eigenvalue weighted by Crippen LogP contribution is -2.51. The Morgan fingerprint density at radius 1 is 1.38 bits per heavy atom. The molecule has 2 rings (SSSR count). The van der Waals surface area contributed by atoms with Crippen LogP contribution in [0.1, 0.15) is 22.8 Å². The van der Waals surface area contributed by atoms with Crippen molar-refractivity contribution >= 4 is 5.91 Å². The van der Waals surface area contributed by atoms with Crippen LogP contribution in [0, 0.1) is 6.92 Å². The standard InChI is InChI=1S/C13H18N2O/c1-10-3-5-12(6-4-10)13(16)15-8-7-14-11(2)9-15/h3-6,11,14H,7-9H2,1-2H3. The molecule has 0 saturated carbocycles. The number of carbonyl (C=O) groups excluding carboxylic acids is 1. The number of hydrogen-bond acceptors (Lipinski definition) is 2. The van der Waals surface area contributed by atoms with Gasteiger partial charge in [0.1, 0.15) is 0 Å². The maximum Gasteiger partial charge on any atom is 0.253 e. The van der Waals surface area contributed by atoms with E-state index in [-0.39, 0.29) is 5.91 Å². The van der Waals surface area contributed by atoms with E-state index in [1.165, 1.54) is 5.56 Å². The number of nitrogens with zero attached hydrogens (tertiary/aromatic N) is 1. The average Bonchev–Trinajstić information content (AvgIpc) is 2.29. The van der Waals surface area contributed by atoms with Gasteiger partial charge in [0.25, 0.3) is 5.91 Å². The van der Waals surface area contributed by atoms with Gasteiger partial charge in [-0.05, 0) is 26.0 Å². The molecule has 3 nitrogen and oxygen atoms in total. The van der Waals surface area contributed by atoms with Crippen molar-refractivity contribution in [2.75, 3.05) is 19.6 Å². The van der Waals surface area contributed by atoms with Gasteiger partial charge in [0.15, 0.2) is 0 Å². The fourth-order valence-electron chi connectivity index (χ4n) is 2.00. The molecule has 1 amide bonds. The first-order valence-electron chi connectivity index (χ1n) is 5.76.